The van der Waals surface area contributed by atoms with Gasteiger partial charge < -0.3 is 11.1 Å². The maximum Gasteiger partial charge on any atom is 0.273 e. The lowest BCUT2D eigenvalue weighted by Crippen LogP contribution is -2.31. The quantitative estimate of drug-likeness (QED) is 0.828. The molecule has 1 aromatic rings. The maximum absolute atomic E-state index is 11.5. The number of nitrogens with two attached hydrogens (primary N) is 1. The van der Waals surface area contributed by atoms with Crippen LogP contribution in [0.5, 0.6) is 0 Å². The van der Waals surface area contributed by atoms with Crippen LogP contribution in [0.3, 0.4) is 0 Å². The molecule has 0 radical (unpaired) electrons. The zero-order valence-electron chi connectivity index (χ0n) is 7.91. The third-order valence-electron chi connectivity index (χ3n) is 1.41. The third-order valence-corrected chi connectivity index (χ3v) is 1.79. The number of nitrogen functional groups attached to an aromatic ring is 1. The zero-order chi connectivity index (χ0) is 10.7. The minimum absolute atomic E-state index is 0.0441. The summed E-state index contributed by atoms with van der Waals surface area (Å²) in [5.74, 6) is -0.183. The number of hydrogen-bond acceptors (Lipinski definition) is 4. The highest BCUT2D eigenvalue weighted by Gasteiger charge is 2.13. The van der Waals surface area contributed by atoms with E-state index in [1.54, 1.807) is 0 Å². The second kappa shape index (κ2) is 4.36. The second-order valence-corrected chi connectivity index (χ2v) is 3.87. The normalized spacial score (nSPS) is 10.3. The number of nitrogens with zero attached hydrogens (tertiary/aromatic N) is 2. The molecule has 3 N–H and O–H groups in total. The first-order valence-corrected chi connectivity index (χ1v) is 4.89. The smallest absolute Gasteiger partial charge is 0.273 e. The predicted octanol–water partition coefficient (Wildman–Crippen LogP) is 0.959. The van der Waals surface area contributed by atoms with Crippen LogP contribution in [0.4, 0.5) is 5.82 Å². The Bertz CT molecular complexity index is 353. The van der Waals surface area contributed by atoms with Gasteiger partial charge in [0.15, 0.2) is 11.5 Å². The van der Waals surface area contributed by atoms with E-state index in [1.807, 2.05) is 13.8 Å². The molecule has 0 fully saturated rings. The van der Waals surface area contributed by atoms with Crippen LogP contribution < -0.4 is 11.1 Å². The summed E-state index contributed by atoms with van der Waals surface area (Å²) in [5.41, 5.74) is 5.66. The molecule has 5 nitrogen and oxygen atoms in total. The summed E-state index contributed by atoms with van der Waals surface area (Å²) in [4.78, 5) is 19.3. The van der Waals surface area contributed by atoms with Crippen LogP contribution in [-0.4, -0.2) is 21.9 Å². The van der Waals surface area contributed by atoms with Crippen molar-refractivity contribution >= 4 is 27.7 Å². The molecule has 1 aromatic heterocycles. The van der Waals surface area contributed by atoms with E-state index in [9.17, 15) is 4.79 Å². The van der Waals surface area contributed by atoms with Crippen LogP contribution >= 0.6 is 15.9 Å². The van der Waals surface area contributed by atoms with Gasteiger partial charge in [0.05, 0.1) is 6.20 Å². The fourth-order valence-corrected chi connectivity index (χ4v) is 1.15. The van der Waals surface area contributed by atoms with Crippen LogP contribution in [0.25, 0.3) is 0 Å². The summed E-state index contributed by atoms with van der Waals surface area (Å²) < 4.78 is 0.487. The van der Waals surface area contributed by atoms with Gasteiger partial charge in [-0.05, 0) is 29.8 Å². The van der Waals surface area contributed by atoms with Crippen molar-refractivity contribution in [1.82, 2.24) is 15.3 Å². The Morgan fingerprint density at radius 1 is 1.64 bits per heavy atom. The van der Waals surface area contributed by atoms with Gasteiger partial charge in [0.2, 0.25) is 0 Å². The van der Waals surface area contributed by atoms with Gasteiger partial charge in [-0.25, -0.2) is 9.97 Å². The number of anilines is 1. The molecule has 0 bridgehead atoms. The molecule has 6 heteroatoms. The fraction of sp³-hybridized carbons (Fsp3) is 0.375. The molecule has 1 heterocycles. The van der Waals surface area contributed by atoms with E-state index in [0.29, 0.717) is 4.60 Å². The van der Waals surface area contributed by atoms with Gasteiger partial charge in [-0.3, -0.25) is 4.79 Å². The molecule has 0 aliphatic carbocycles. The Hall–Kier alpha value is -1.17. The summed E-state index contributed by atoms with van der Waals surface area (Å²) in [7, 11) is 0. The minimum atomic E-state index is -0.314. The second-order valence-electron chi connectivity index (χ2n) is 3.05. The number of halogens is 1. The molecule has 0 aliphatic heterocycles. The van der Waals surface area contributed by atoms with Gasteiger partial charge in [0.1, 0.15) is 4.60 Å². The average Bonchev–Trinajstić information content (AvgIpc) is 2.08. The van der Waals surface area contributed by atoms with Crippen molar-refractivity contribution in [2.45, 2.75) is 19.9 Å². The van der Waals surface area contributed by atoms with E-state index in [1.165, 1.54) is 6.20 Å². The molecule has 0 aromatic carbocycles. The first-order valence-electron chi connectivity index (χ1n) is 4.09. The van der Waals surface area contributed by atoms with Crippen molar-refractivity contribution in [3.05, 3.63) is 16.5 Å². The Labute approximate surface area is 90.2 Å². The number of aromatic nitrogens is 2. The first-order chi connectivity index (χ1) is 6.50. The van der Waals surface area contributed by atoms with Crippen molar-refractivity contribution in [3.8, 4) is 0 Å². The molecule has 1 rings (SSSR count). The molecule has 0 saturated carbocycles. The van der Waals surface area contributed by atoms with Crippen molar-refractivity contribution in [3.63, 3.8) is 0 Å². The summed E-state index contributed by atoms with van der Waals surface area (Å²) in [6, 6.07) is 0.0441. The topological polar surface area (TPSA) is 80.9 Å². The highest BCUT2D eigenvalue weighted by molar-refractivity contribution is 9.10. The number of amides is 1. The monoisotopic (exact) mass is 258 g/mol. The van der Waals surface area contributed by atoms with Crippen molar-refractivity contribution in [2.24, 2.45) is 0 Å². The van der Waals surface area contributed by atoms with E-state index in [2.05, 4.69) is 31.2 Å². The molecule has 76 valence electrons. The van der Waals surface area contributed by atoms with Gasteiger partial charge in [-0.1, -0.05) is 0 Å². The Balaban J connectivity index is 2.94. The number of carbonyl (C=O) groups excluding carboxylic acids is 1. The highest BCUT2D eigenvalue weighted by atomic mass is 79.9. The van der Waals surface area contributed by atoms with Crippen molar-refractivity contribution in [1.29, 1.82) is 0 Å². The highest BCUT2D eigenvalue weighted by Crippen LogP contribution is 2.10. The predicted molar refractivity (Wildman–Crippen MR) is 56.7 cm³/mol. The van der Waals surface area contributed by atoms with Crippen LogP contribution in [0.1, 0.15) is 24.3 Å². The van der Waals surface area contributed by atoms with E-state index in [4.69, 9.17) is 5.73 Å². The van der Waals surface area contributed by atoms with Crippen molar-refractivity contribution < 1.29 is 4.79 Å². The summed E-state index contributed by atoms with van der Waals surface area (Å²) in [5, 5.41) is 2.68. The SMILES string of the molecule is CC(C)NC(=O)c1nc(Br)cnc1N. The largest absolute Gasteiger partial charge is 0.382 e. The molecule has 0 atom stereocenters. The molecule has 0 unspecified atom stereocenters. The molecular formula is C8H11BrN4O. The number of carbonyl (C=O) groups is 1. The van der Waals surface area contributed by atoms with Crippen LogP contribution in [0.15, 0.2) is 10.8 Å². The molecule has 0 saturated heterocycles. The summed E-state index contributed by atoms with van der Waals surface area (Å²) in [6.07, 6.45) is 1.45. The lowest BCUT2D eigenvalue weighted by Gasteiger charge is -2.08. The van der Waals surface area contributed by atoms with E-state index < -0.39 is 0 Å². The Kier molecular flexibility index (Phi) is 3.40. The average molecular weight is 259 g/mol. The van der Waals surface area contributed by atoms with Crippen LogP contribution in [-0.2, 0) is 0 Å². The van der Waals surface area contributed by atoms with Gasteiger partial charge in [0.25, 0.3) is 5.91 Å². The zero-order valence-corrected chi connectivity index (χ0v) is 9.50. The van der Waals surface area contributed by atoms with Gasteiger partial charge in [-0.2, -0.15) is 0 Å². The first kappa shape index (κ1) is 10.9. The lowest BCUT2D eigenvalue weighted by atomic mass is 10.3. The number of nitrogens with one attached hydrogen (secondary N) is 1. The standard InChI is InChI=1S/C8H11BrN4O/c1-4(2)12-8(14)6-7(10)11-3-5(9)13-6/h3-4H,1-2H3,(H2,10,11)(H,12,14). The fourth-order valence-electron chi connectivity index (χ4n) is 0.875. The Morgan fingerprint density at radius 2 is 2.29 bits per heavy atom. The van der Waals surface area contributed by atoms with Gasteiger partial charge in [0, 0.05) is 6.04 Å². The van der Waals surface area contributed by atoms with E-state index in [0.717, 1.165) is 0 Å². The van der Waals surface area contributed by atoms with E-state index >= 15 is 0 Å². The van der Waals surface area contributed by atoms with E-state index in [-0.39, 0.29) is 23.5 Å². The third kappa shape index (κ3) is 2.66. The molecule has 1 amide bonds. The van der Waals surface area contributed by atoms with Gasteiger partial charge in [-0.15, -0.1) is 0 Å². The summed E-state index contributed by atoms with van der Waals surface area (Å²) in [6.45, 7) is 3.72. The lowest BCUT2D eigenvalue weighted by molar-refractivity contribution is 0.0938. The molecule has 14 heavy (non-hydrogen) atoms. The maximum atomic E-state index is 11.5. The number of hydrogen-bond donors (Lipinski definition) is 2. The summed E-state index contributed by atoms with van der Waals surface area (Å²) >= 11 is 3.12. The Morgan fingerprint density at radius 3 is 2.86 bits per heavy atom. The molecule has 0 spiro atoms. The number of rotatable bonds is 2. The molecular weight excluding hydrogens is 248 g/mol. The minimum Gasteiger partial charge on any atom is -0.382 e. The van der Waals surface area contributed by atoms with Gasteiger partial charge >= 0.3 is 0 Å². The molecule has 0 aliphatic rings. The van der Waals surface area contributed by atoms with Crippen LogP contribution in [0.2, 0.25) is 0 Å². The van der Waals surface area contributed by atoms with Crippen LogP contribution in [0, 0.1) is 0 Å². The van der Waals surface area contributed by atoms with Crippen molar-refractivity contribution in [2.75, 3.05) is 5.73 Å².